The second kappa shape index (κ2) is 13.6. The van der Waals surface area contributed by atoms with E-state index < -0.39 is 36.3 Å². The third kappa shape index (κ3) is 10.8. The number of amides is 4. The van der Waals surface area contributed by atoms with Crippen LogP contribution in [0.4, 0.5) is 0 Å². The number of carbonyl (C=O) groups is 5. The Morgan fingerprint density at radius 2 is 1.51 bits per heavy atom. The van der Waals surface area contributed by atoms with Crippen molar-refractivity contribution in [1.82, 2.24) is 21.1 Å². The van der Waals surface area contributed by atoms with E-state index in [9.17, 15) is 29.1 Å². The molecule has 10 nitrogen and oxygen atoms in total. The first-order valence-corrected chi connectivity index (χ1v) is 11.6. The minimum Gasteiger partial charge on any atom is -0.480 e. The van der Waals surface area contributed by atoms with Gasteiger partial charge in [-0.25, -0.2) is 5.01 Å². The average molecular weight is 509 g/mol. The number of rotatable bonds is 10. The minimum absolute atomic E-state index is 0.141. The Morgan fingerprint density at radius 1 is 0.919 bits per heavy atom. The first kappa shape index (κ1) is 28.8. The standard InChI is InChI=1S/C27H32N4O6/c1-27(2,3)16-22(33)29-25(20-12-8-5-9-13-20)26(37)30-31(18-24(35)36)23(34)15-14-21(32)28-17-19-10-6-4-7-11-19/h4-15,25H,16-18H2,1-3H3,(H,28,32)(H,29,33)(H,30,37)(H,35,36)/b15-14+. The smallest absolute Gasteiger partial charge is 0.325 e. The first-order chi connectivity index (χ1) is 17.4. The highest BCUT2D eigenvalue weighted by molar-refractivity contribution is 5.99. The second-order valence-electron chi connectivity index (χ2n) is 9.48. The van der Waals surface area contributed by atoms with Crippen LogP contribution in [-0.2, 0) is 30.5 Å². The zero-order chi connectivity index (χ0) is 27.4. The number of aliphatic carboxylic acids is 1. The summed E-state index contributed by atoms with van der Waals surface area (Å²) in [5.41, 5.74) is 3.23. The SMILES string of the molecule is CC(C)(C)CC(=O)NC(C(=O)NN(CC(=O)O)C(=O)/C=C/C(=O)NCc1ccccc1)c1ccccc1. The Bertz CT molecular complexity index is 1130. The summed E-state index contributed by atoms with van der Waals surface area (Å²) in [4.78, 5) is 61.8. The molecule has 4 amide bonds. The van der Waals surface area contributed by atoms with Gasteiger partial charge in [-0.3, -0.25) is 29.4 Å². The van der Waals surface area contributed by atoms with E-state index in [4.69, 9.17) is 0 Å². The molecule has 0 aromatic heterocycles. The number of carbonyl (C=O) groups excluding carboxylic acids is 4. The molecular formula is C27H32N4O6. The van der Waals surface area contributed by atoms with Crippen molar-refractivity contribution < 1.29 is 29.1 Å². The number of hydrogen-bond donors (Lipinski definition) is 4. The quantitative estimate of drug-likeness (QED) is 0.286. The normalized spacial score (nSPS) is 11.9. The molecule has 0 aliphatic rings. The van der Waals surface area contributed by atoms with Crippen LogP contribution in [0.5, 0.6) is 0 Å². The van der Waals surface area contributed by atoms with E-state index in [0.29, 0.717) is 10.6 Å². The van der Waals surface area contributed by atoms with Crippen molar-refractivity contribution >= 4 is 29.6 Å². The molecule has 1 atom stereocenters. The van der Waals surface area contributed by atoms with E-state index >= 15 is 0 Å². The number of benzene rings is 2. The second-order valence-corrected chi connectivity index (χ2v) is 9.48. The van der Waals surface area contributed by atoms with Gasteiger partial charge in [-0.05, 0) is 16.5 Å². The number of nitrogens with zero attached hydrogens (tertiary/aromatic N) is 1. The van der Waals surface area contributed by atoms with Crippen LogP contribution < -0.4 is 16.1 Å². The van der Waals surface area contributed by atoms with E-state index in [1.165, 1.54) is 0 Å². The maximum Gasteiger partial charge on any atom is 0.325 e. The van der Waals surface area contributed by atoms with Crippen LogP contribution in [0.1, 0.15) is 44.4 Å². The molecule has 2 aromatic rings. The highest BCUT2D eigenvalue weighted by atomic mass is 16.4. The minimum atomic E-state index is -1.39. The van der Waals surface area contributed by atoms with E-state index in [1.54, 1.807) is 30.3 Å². The van der Waals surface area contributed by atoms with Gasteiger partial charge in [0.25, 0.3) is 11.8 Å². The number of nitrogens with one attached hydrogen (secondary N) is 3. The lowest BCUT2D eigenvalue weighted by atomic mass is 9.91. The Hall–Kier alpha value is -4.47. The monoisotopic (exact) mass is 508 g/mol. The summed E-state index contributed by atoms with van der Waals surface area (Å²) >= 11 is 0. The van der Waals surface area contributed by atoms with Crippen molar-refractivity contribution in [3.05, 3.63) is 83.9 Å². The van der Waals surface area contributed by atoms with Gasteiger partial charge in [0.15, 0.2) is 0 Å². The largest absolute Gasteiger partial charge is 0.480 e. The van der Waals surface area contributed by atoms with Crippen LogP contribution in [-0.4, -0.2) is 46.3 Å². The zero-order valence-corrected chi connectivity index (χ0v) is 21.1. The van der Waals surface area contributed by atoms with Crippen LogP contribution in [0.3, 0.4) is 0 Å². The van der Waals surface area contributed by atoms with Crippen LogP contribution >= 0.6 is 0 Å². The van der Waals surface area contributed by atoms with Gasteiger partial charge in [0, 0.05) is 25.1 Å². The van der Waals surface area contributed by atoms with Crippen molar-refractivity contribution in [2.24, 2.45) is 5.41 Å². The molecule has 4 N–H and O–H groups in total. The molecule has 0 radical (unpaired) electrons. The zero-order valence-electron chi connectivity index (χ0n) is 21.1. The molecule has 0 fully saturated rings. The van der Waals surface area contributed by atoms with E-state index in [0.717, 1.165) is 17.7 Å². The van der Waals surface area contributed by atoms with Crippen LogP contribution in [0.15, 0.2) is 72.8 Å². The van der Waals surface area contributed by atoms with Gasteiger partial charge >= 0.3 is 5.97 Å². The van der Waals surface area contributed by atoms with Crippen molar-refractivity contribution in [2.45, 2.75) is 39.8 Å². The predicted octanol–water partition coefficient (Wildman–Crippen LogP) is 2.10. The van der Waals surface area contributed by atoms with Gasteiger partial charge in [0.05, 0.1) is 0 Å². The lowest BCUT2D eigenvalue weighted by molar-refractivity contribution is -0.148. The Kier molecular flexibility index (Phi) is 10.6. The van der Waals surface area contributed by atoms with Crippen molar-refractivity contribution in [2.75, 3.05) is 6.54 Å². The molecule has 2 aromatic carbocycles. The Balaban J connectivity index is 2.12. The highest BCUT2D eigenvalue weighted by Crippen LogP contribution is 2.20. The molecule has 2 rings (SSSR count). The lowest BCUT2D eigenvalue weighted by Gasteiger charge is -2.26. The van der Waals surface area contributed by atoms with Gasteiger partial charge in [0.2, 0.25) is 11.8 Å². The van der Waals surface area contributed by atoms with Crippen molar-refractivity contribution in [1.29, 1.82) is 0 Å². The molecule has 0 aliphatic carbocycles. The first-order valence-electron chi connectivity index (χ1n) is 11.6. The maximum atomic E-state index is 13.1. The number of carboxylic acids is 1. The van der Waals surface area contributed by atoms with Gasteiger partial charge in [-0.2, -0.15) is 0 Å². The topological polar surface area (TPSA) is 145 Å². The Labute approximate surface area is 215 Å². The van der Waals surface area contributed by atoms with E-state index in [2.05, 4.69) is 16.1 Å². The van der Waals surface area contributed by atoms with Gasteiger partial charge in [0.1, 0.15) is 12.6 Å². The fourth-order valence-electron chi connectivity index (χ4n) is 3.23. The third-order valence-corrected chi connectivity index (χ3v) is 4.88. The van der Waals surface area contributed by atoms with E-state index in [-0.39, 0.29) is 24.3 Å². The number of hydrogen-bond acceptors (Lipinski definition) is 5. The van der Waals surface area contributed by atoms with Gasteiger partial charge in [-0.1, -0.05) is 81.4 Å². The summed E-state index contributed by atoms with van der Waals surface area (Å²) in [6, 6.07) is 16.3. The summed E-state index contributed by atoms with van der Waals surface area (Å²) in [6.45, 7) is 5.00. The Morgan fingerprint density at radius 3 is 2.08 bits per heavy atom. The molecule has 10 heteroatoms. The fraction of sp³-hybridized carbons (Fsp3) is 0.296. The summed E-state index contributed by atoms with van der Waals surface area (Å²) in [6.07, 6.45) is 1.95. The number of hydrazine groups is 1. The molecule has 0 saturated carbocycles. The summed E-state index contributed by atoms with van der Waals surface area (Å²) in [5, 5.41) is 15.1. The molecule has 1 unspecified atom stereocenters. The van der Waals surface area contributed by atoms with Crippen LogP contribution in [0, 0.1) is 5.41 Å². The van der Waals surface area contributed by atoms with Crippen molar-refractivity contribution in [3.63, 3.8) is 0 Å². The lowest BCUT2D eigenvalue weighted by Crippen LogP contribution is -2.52. The highest BCUT2D eigenvalue weighted by Gasteiger charge is 2.28. The van der Waals surface area contributed by atoms with Gasteiger partial charge < -0.3 is 15.7 Å². The summed E-state index contributed by atoms with van der Waals surface area (Å²) < 4.78 is 0. The molecule has 37 heavy (non-hydrogen) atoms. The maximum absolute atomic E-state index is 13.1. The molecule has 0 bridgehead atoms. The molecule has 196 valence electrons. The average Bonchev–Trinajstić information content (AvgIpc) is 2.84. The predicted molar refractivity (Wildman–Crippen MR) is 136 cm³/mol. The molecule has 0 spiro atoms. The van der Waals surface area contributed by atoms with Gasteiger partial charge in [-0.15, -0.1) is 0 Å². The van der Waals surface area contributed by atoms with Crippen molar-refractivity contribution in [3.8, 4) is 0 Å². The molecule has 0 saturated heterocycles. The number of carboxylic acid groups (broad SMARTS) is 1. The van der Waals surface area contributed by atoms with E-state index in [1.807, 2.05) is 51.1 Å². The van der Waals surface area contributed by atoms with Crippen LogP contribution in [0.2, 0.25) is 0 Å². The molecular weight excluding hydrogens is 476 g/mol. The summed E-state index contributed by atoms with van der Waals surface area (Å²) in [5.74, 6) is -4.09. The third-order valence-electron chi connectivity index (χ3n) is 4.88. The molecule has 0 heterocycles. The fourth-order valence-corrected chi connectivity index (χ4v) is 3.23. The van der Waals surface area contributed by atoms with Crippen LogP contribution in [0.25, 0.3) is 0 Å². The summed E-state index contributed by atoms with van der Waals surface area (Å²) in [7, 11) is 0. The molecule has 0 aliphatic heterocycles.